The Labute approximate surface area is 238 Å². The first-order valence-electron chi connectivity index (χ1n) is 14.4. The lowest BCUT2D eigenvalue weighted by atomic mass is 9.85. The average Bonchev–Trinajstić information content (AvgIpc) is 3.42. The van der Waals surface area contributed by atoms with Crippen molar-refractivity contribution in [2.45, 2.75) is 99.6 Å². The van der Waals surface area contributed by atoms with Crippen molar-refractivity contribution in [2.75, 3.05) is 33.7 Å². The molecule has 1 heterocycles. The number of hydrogen-bond acceptors (Lipinski definition) is 4. The number of nitrogens with one attached hydrogen (secondary N) is 2. The van der Waals surface area contributed by atoms with Crippen LogP contribution in [-0.4, -0.2) is 73.3 Å². The van der Waals surface area contributed by atoms with E-state index in [0.717, 1.165) is 25.9 Å². The lowest BCUT2D eigenvalue weighted by Crippen LogP contribution is -2.56. The summed E-state index contributed by atoms with van der Waals surface area (Å²) in [5.41, 5.74) is 1.63. The number of hydrogen-bond donors (Lipinski definition) is 2. The molecule has 0 aliphatic carbocycles. The van der Waals surface area contributed by atoms with Gasteiger partial charge in [0.25, 0.3) is 0 Å². The van der Waals surface area contributed by atoms with Crippen LogP contribution in [0.15, 0.2) is 42.0 Å². The molecule has 1 aliphatic heterocycles. The summed E-state index contributed by atoms with van der Waals surface area (Å²) in [5, 5.41) is 5.62. The number of likely N-dealkylation sites (tertiary alicyclic amines) is 1. The molecular weight excluding hydrogens is 488 g/mol. The van der Waals surface area contributed by atoms with E-state index >= 15 is 0 Å². The fraction of sp³-hybridized carbons (Fsp3) is 0.656. The molecule has 1 aromatic rings. The Morgan fingerprint density at radius 3 is 1.95 bits per heavy atom. The van der Waals surface area contributed by atoms with Crippen LogP contribution in [0.5, 0.6) is 0 Å². The quantitative estimate of drug-likeness (QED) is 0.431. The molecule has 222 valence electrons. The molecule has 1 aliphatic rings. The van der Waals surface area contributed by atoms with E-state index in [0.29, 0.717) is 11.5 Å². The van der Waals surface area contributed by atoms with Gasteiger partial charge in [0.1, 0.15) is 6.04 Å². The molecule has 2 rings (SSSR count). The number of rotatable bonds is 8. The van der Waals surface area contributed by atoms with E-state index in [1.165, 1.54) is 12.0 Å². The molecule has 7 heteroatoms. The molecule has 2 atom stereocenters. The molecule has 39 heavy (non-hydrogen) atoms. The number of nitrogens with zero attached hydrogens (tertiary/aromatic N) is 2. The second-order valence-electron chi connectivity index (χ2n) is 11.7. The molecule has 7 nitrogen and oxygen atoms in total. The zero-order valence-electron chi connectivity index (χ0n) is 26.6. The Balaban J connectivity index is 0.000000990. The van der Waals surface area contributed by atoms with Gasteiger partial charge in [-0.25, -0.2) is 0 Å². The van der Waals surface area contributed by atoms with Gasteiger partial charge in [0.15, 0.2) is 0 Å². The molecule has 0 radical (unpaired) electrons. The summed E-state index contributed by atoms with van der Waals surface area (Å²) in [6.07, 6.45) is 5.17. The van der Waals surface area contributed by atoms with Crippen molar-refractivity contribution in [1.29, 1.82) is 0 Å². The monoisotopic (exact) mass is 544 g/mol. The van der Waals surface area contributed by atoms with Crippen LogP contribution in [0.4, 0.5) is 0 Å². The molecular formula is C32H56N4O3. The number of carbonyl (C=O) groups excluding carboxylic acids is 3. The van der Waals surface area contributed by atoms with Crippen LogP contribution in [0.3, 0.4) is 0 Å². The number of amides is 3. The maximum Gasteiger partial charge on any atom is 0.249 e. The molecule has 1 aromatic carbocycles. The van der Waals surface area contributed by atoms with Crippen molar-refractivity contribution in [3.05, 3.63) is 47.5 Å². The summed E-state index contributed by atoms with van der Waals surface area (Å²) >= 11 is 0. The highest BCUT2D eigenvalue weighted by Gasteiger charge is 2.35. The summed E-state index contributed by atoms with van der Waals surface area (Å²) in [6.45, 7) is 19.9. The van der Waals surface area contributed by atoms with Gasteiger partial charge in [-0.3, -0.25) is 14.4 Å². The van der Waals surface area contributed by atoms with Gasteiger partial charge in [0, 0.05) is 31.8 Å². The molecule has 0 aromatic heterocycles. The van der Waals surface area contributed by atoms with Gasteiger partial charge in [-0.05, 0) is 50.6 Å². The van der Waals surface area contributed by atoms with Gasteiger partial charge in [-0.1, -0.05) is 91.3 Å². The van der Waals surface area contributed by atoms with E-state index in [1.807, 2.05) is 44.7 Å². The van der Waals surface area contributed by atoms with Crippen LogP contribution in [0.25, 0.3) is 0 Å². The van der Waals surface area contributed by atoms with Gasteiger partial charge in [-0.15, -0.1) is 0 Å². The lowest BCUT2D eigenvalue weighted by molar-refractivity contribution is -0.139. The first-order chi connectivity index (χ1) is 18.2. The van der Waals surface area contributed by atoms with Gasteiger partial charge in [0.05, 0.1) is 6.54 Å². The van der Waals surface area contributed by atoms with E-state index in [1.54, 1.807) is 25.9 Å². The second-order valence-corrected chi connectivity index (χ2v) is 11.7. The minimum Gasteiger partial charge on any atom is -0.343 e. The minimum absolute atomic E-state index is 0.0369. The molecule has 0 bridgehead atoms. The standard InChI is InChI=1S/C20H36N4O3.C9H12.C3H8/c1-14(18(26)24-10-8-9-11-24)12-15(2)23(7)19(27)17(20(3,4)5)22-16(25)13-21-6;1-8(2)9-6-4-3-5-7-9;1-3-2/h12,15,17,21H,8-11,13H2,1-7H3,(H,22,25);3-8H,1-2H3;3H2,1-2H3/b14-12+;;. The SMILES string of the molecule is CC(C)c1ccccc1.CCC.CNCC(=O)NC(C(=O)N(C)C(C)/C=C(\C)C(=O)N1CCCC1)C(C)(C)C. The van der Waals surface area contributed by atoms with Crippen molar-refractivity contribution in [1.82, 2.24) is 20.4 Å². The summed E-state index contributed by atoms with van der Waals surface area (Å²) in [4.78, 5) is 41.0. The number of likely N-dealkylation sites (N-methyl/N-ethyl adjacent to an activating group) is 2. The highest BCUT2D eigenvalue weighted by molar-refractivity contribution is 5.93. The predicted octanol–water partition coefficient (Wildman–Crippen LogP) is 5.38. The molecule has 0 spiro atoms. The van der Waals surface area contributed by atoms with Crippen LogP contribution in [-0.2, 0) is 14.4 Å². The Hall–Kier alpha value is -2.67. The minimum atomic E-state index is -0.645. The second kappa shape index (κ2) is 18.6. The maximum absolute atomic E-state index is 13.0. The fourth-order valence-electron chi connectivity index (χ4n) is 3.98. The molecule has 3 amide bonds. The van der Waals surface area contributed by atoms with Gasteiger partial charge < -0.3 is 20.4 Å². The van der Waals surface area contributed by atoms with E-state index in [9.17, 15) is 14.4 Å². The summed E-state index contributed by atoms with van der Waals surface area (Å²) in [6, 6.07) is 9.62. The summed E-state index contributed by atoms with van der Waals surface area (Å²) < 4.78 is 0. The third-order valence-electron chi connectivity index (χ3n) is 6.40. The van der Waals surface area contributed by atoms with Crippen LogP contribution in [0.2, 0.25) is 0 Å². The zero-order valence-corrected chi connectivity index (χ0v) is 26.6. The first-order valence-corrected chi connectivity index (χ1v) is 14.4. The van der Waals surface area contributed by atoms with E-state index in [2.05, 4.69) is 62.6 Å². The van der Waals surface area contributed by atoms with Crippen molar-refractivity contribution >= 4 is 17.7 Å². The Morgan fingerprint density at radius 2 is 1.54 bits per heavy atom. The highest BCUT2D eigenvalue weighted by Crippen LogP contribution is 2.22. The van der Waals surface area contributed by atoms with Crippen molar-refractivity contribution in [3.8, 4) is 0 Å². The van der Waals surface area contributed by atoms with Gasteiger partial charge >= 0.3 is 0 Å². The Kier molecular flexibility index (Phi) is 17.3. The van der Waals surface area contributed by atoms with Gasteiger partial charge in [-0.2, -0.15) is 0 Å². The van der Waals surface area contributed by atoms with Crippen LogP contribution < -0.4 is 10.6 Å². The van der Waals surface area contributed by atoms with Crippen LogP contribution in [0, 0.1) is 5.41 Å². The predicted molar refractivity (Wildman–Crippen MR) is 164 cm³/mol. The zero-order chi connectivity index (χ0) is 30.2. The molecule has 2 unspecified atom stereocenters. The molecule has 1 fully saturated rings. The van der Waals surface area contributed by atoms with E-state index in [4.69, 9.17) is 0 Å². The van der Waals surface area contributed by atoms with Crippen molar-refractivity contribution < 1.29 is 14.4 Å². The first kappa shape index (κ1) is 36.3. The number of benzene rings is 1. The molecule has 1 saturated heterocycles. The van der Waals surface area contributed by atoms with E-state index in [-0.39, 0.29) is 30.3 Å². The van der Waals surface area contributed by atoms with Crippen molar-refractivity contribution in [3.63, 3.8) is 0 Å². The average molecular weight is 545 g/mol. The molecule has 2 N–H and O–H groups in total. The molecule has 0 saturated carbocycles. The van der Waals surface area contributed by atoms with Crippen LogP contribution >= 0.6 is 0 Å². The Morgan fingerprint density at radius 1 is 1.03 bits per heavy atom. The summed E-state index contributed by atoms with van der Waals surface area (Å²) in [5.74, 6) is 0.306. The number of carbonyl (C=O) groups is 3. The van der Waals surface area contributed by atoms with Crippen molar-refractivity contribution in [2.24, 2.45) is 5.41 Å². The highest BCUT2D eigenvalue weighted by atomic mass is 16.2. The fourth-order valence-corrected chi connectivity index (χ4v) is 3.98. The smallest absolute Gasteiger partial charge is 0.249 e. The third-order valence-corrected chi connectivity index (χ3v) is 6.40. The lowest BCUT2D eigenvalue weighted by Gasteiger charge is -2.35. The normalized spacial score (nSPS) is 14.9. The van der Waals surface area contributed by atoms with Gasteiger partial charge in [0.2, 0.25) is 17.7 Å². The summed E-state index contributed by atoms with van der Waals surface area (Å²) in [7, 11) is 3.40. The van der Waals surface area contributed by atoms with E-state index < -0.39 is 11.5 Å². The maximum atomic E-state index is 13.0. The third kappa shape index (κ3) is 13.8. The van der Waals surface area contributed by atoms with Crippen LogP contribution in [0.1, 0.15) is 93.1 Å². The topological polar surface area (TPSA) is 81.8 Å². The Bertz CT molecular complexity index is 884. The largest absolute Gasteiger partial charge is 0.343 e.